The van der Waals surface area contributed by atoms with Gasteiger partial charge in [0.05, 0.1) is 17.4 Å². The molecule has 0 aromatic carbocycles. The Hall–Kier alpha value is -1.93. The van der Waals surface area contributed by atoms with E-state index in [1.165, 1.54) is 4.90 Å². The second-order valence-corrected chi connectivity index (χ2v) is 4.31. The first kappa shape index (κ1) is 14.1. The van der Waals surface area contributed by atoms with Crippen LogP contribution in [0.2, 0.25) is 0 Å². The monoisotopic (exact) mass is 247 g/mol. The minimum absolute atomic E-state index is 0.205. The third-order valence-corrected chi connectivity index (χ3v) is 2.65. The van der Waals surface area contributed by atoms with Gasteiger partial charge in [-0.2, -0.15) is 5.26 Å². The number of carbonyl (C=O) groups is 1. The van der Waals surface area contributed by atoms with Crippen LogP contribution < -0.4 is 0 Å². The highest BCUT2D eigenvalue weighted by atomic mass is 16.3. The second kappa shape index (κ2) is 6.12. The van der Waals surface area contributed by atoms with E-state index in [-0.39, 0.29) is 5.91 Å². The van der Waals surface area contributed by atoms with Gasteiger partial charge in [0.15, 0.2) is 0 Å². The number of pyridine rings is 1. The van der Waals surface area contributed by atoms with Crippen molar-refractivity contribution < 1.29 is 9.90 Å². The fourth-order valence-corrected chi connectivity index (χ4v) is 1.48. The van der Waals surface area contributed by atoms with E-state index in [0.717, 1.165) is 0 Å². The minimum Gasteiger partial charge on any atom is -0.393 e. The highest BCUT2D eigenvalue weighted by Gasteiger charge is 2.14. The van der Waals surface area contributed by atoms with Crippen LogP contribution in [-0.2, 0) is 0 Å². The van der Waals surface area contributed by atoms with E-state index in [0.29, 0.717) is 29.9 Å². The Labute approximate surface area is 107 Å². The lowest BCUT2D eigenvalue weighted by Crippen LogP contribution is -2.30. The molecule has 1 aromatic heterocycles. The number of amides is 1. The predicted molar refractivity (Wildman–Crippen MR) is 66.9 cm³/mol. The Bertz CT molecular complexity index is 478. The van der Waals surface area contributed by atoms with Gasteiger partial charge in [-0.15, -0.1) is 0 Å². The molecule has 1 amide bonds. The van der Waals surface area contributed by atoms with Gasteiger partial charge in [0, 0.05) is 13.6 Å². The topological polar surface area (TPSA) is 77.2 Å². The third-order valence-electron chi connectivity index (χ3n) is 2.65. The first-order valence-corrected chi connectivity index (χ1v) is 5.77. The molecule has 1 aromatic rings. The van der Waals surface area contributed by atoms with Crippen LogP contribution >= 0.6 is 0 Å². The summed E-state index contributed by atoms with van der Waals surface area (Å²) >= 11 is 0. The number of nitriles is 1. The van der Waals surface area contributed by atoms with E-state index in [1.807, 2.05) is 6.07 Å². The number of aliphatic hydroxyl groups excluding tert-OH is 1. The Kier molecular flexibility index (Phi) is 4.81. The molecule has 0 bridgehead atoms. The summed E-state index contributed by atoms with van der Waals surface area (Å²) in [6.07, 6.45) is 0.0910. The maximum atomic E-state index is 12.0. The molecule has 0 aliphatic rings. The molecule has 1 unspecified atom stereocenters. The molecule has 96 valence electrons. The van der Waals surface area contributed by atoms with Crippen molar-refractivity contribution in [3.05, 3.63) is 29.1 Å². The van der Waals surface area contributed by atoms with Crippen molar-refractivity contribution >= 4 is 5.91 Å². The first-order chi connectivity index (χ1) is 8.45. The summed E-state index contributed by atoms with van der Waals surface area (Å²) in [6, 6.07) is 5.15. The zero-order chi connectivity index (χ0) is 13.7. The van der Waals surface area contributed by atoms with Gasteiger partial charge in [0.2, 0.25) is 0 Å². The average molecular weight is 247 g/mol. The number of hydrogen-bond donors (Lipinski definition) is 1. The highest BCUT2D eigenvalue weighted by molar-refractivity contribution is 5.92. The van der Waals surface area contributed by atoms with E-state index >= 15 is 0 Å². The van der Waals surface area contributed by atoms with Crippen molar-refractivity contribution in [2.75, 3.05) is 13.6 Å². The zero-order valence-electron chi connectivity index (χ0n) is 10.8. The molecule has 0 saturated heterocycles. The molecule has 5 heteroatoms. The van der Waals surface area contributed by atoms with Gasteiger partial charge in [-0.25, -0.2) is 4.98 Å². The van der Waals surface area contributed by atoms with E-state index in [9.17, 15) is 9.90 Å². The van der Waals surface area contributed by atoms with E-state index in [4.69, 9.17) is 5.26 Å². The van der Waals surface area contributed by atoms with Crippen LogP contribution in [0.15, 0.2) is 12.1 Å². The average Bonchev–Trinajstić information content (AvgIpc) is 2.34. The smallest absolute Gasteiger partial charge is 0.272 e. The largest absolute Gasteiger partial charge is 0.393 e. The first-order valence-electron chi connectivity index (χ1n) is 5.77. The van der Waals surface area contributed by atoms with Crippen LogP contribution in [0.3, 0.4) is 0 Å². The number of aliphatic hydroxyl groups is 1. The molecule has 0 radical (unpaired) electrons. The Morgan fingerprint density at radius 1 is 1.61 bits per heavy atom. The molecule has 0 saturated carbocycles. The van der Waals surface area contributed by atoms with Crippen LogP contribution in [0.5, 0.6) is 0 Å². The predicted octanol–water partition coefficient (Wildman–Crippen LogP) is 1.10. The summed E-state index contributed by atoms with van der Waals surface area (Å²) in [6.45, 7) is 3.85. The van der Waals surface area contributed by atoms with Gasteiger partial charge in [-0.3, -0.25) is 4.79 Å². The molecule has 0 fully saturated rings. The summed E-state index contributed by atoms with van der Waals surface area (Å²) in [4.78, 5) is 17.6. The molecular weight excluding hydrogens is 230 g/mol. The van der Waals surface area contributed by atoms with Gasteiger partial charge in [0.1, 0.15) is 11.8 Å². The summed E-state index contributed by atoms with van der Waals surface area (Å²) < 4.78 is 0. The van der Waals surface area contributed by atoms with Crippen LogP contribution in [0.1, 0.15) is 35.1 Å². The van der Waals surface area contributed by atoms with Crippen LogP contribution in [0.4, 0.5) is 0 Å². The summed E-state index contributed by atoms with van der Waals surface area (Å²) in [5.41, 5.74) is 1.34. The molecule has 0 spiro atoms. The minimum atomic E-state index is -0.434. The maximum absolute atomic E-state index is 12.0. The second-order valence-electron chi connectivity index (χ2n) is 4.31. The fourth-order valence-electron chi connectivity index (χ4n) is 1.48. The number of aromatic nitrogens is 1. The number of hydrogen-bond acceptors (Lipinski definition) is 4. The highest BCUT2D eigenvalue weighted by Crippen LogP contribution is 2.08. The lowest BCUT2D eigenvalue weighted by atomic mass is 10.2. The van der Waals surface area contributed by atoms with Gasteiger partial charge >= 0.3 is 0 Å². The van der Waals surface area contributed by atoms with Gasteiger partial charge in [-0.1, -0.05) is 0 Å². The molecule has 18 heavy (non-hydrogen) atoms. The summed E-state index contributed by atoms with van der Waals surface area (Å²) in [7, 11) is 1.67. The maximum Gasteiger partial charge on any atom is 0.272 e. The number of carbonyl (C=O) groups excluding carboxylic acids is 1. The van der Waals surface area contributed by atoms with E-state index in [2.05, 4.69) is 4.98 Å². The molecule has 1 atom stereocenters. The zero-order valence-corrected chi connectivity index (χ0v) is 10.8. The number of nitrogens with zero attached hydrogens (tertiary/aromatic N) is 3. The summed E-state index contributed by atoms with van der Waals surface area (Å²) in [5, 5.41) is 18.0. The van der Waals surface area contributed by atoms with Crippen molar-refractivity contribution in [1.29, 1.82) is 5.26 Å². The van der Waals surface area contributed by atoms with Crippen molar-refractivity contribution in [2.24, 2.45) is 0 Å². The van der Waals surface area contributed by atoms with Gasteiger partial charge in [-0.05, 0) is 32.4 Å². The number of aryl methyl sites for hydroxylation is 1. The molecule has 0 aliphatic carbocycles. The van der Waals surface area contributed by atoms with Crippen molar-refractivity contribution in [3.63, 3.8) is 0 Å². The Balaban J connectivity index is 2.78. The van der Waals surface area contributed by atoms with Crippen LogP contribution in [0, 0.1) is 18.3 Å². The third kappa shape index (κ3) is 3.54. The van der Waals surface area contributed by atoms with Crippen molar-refractivity contribution in [2.45, 2.75) is 26.4 Å². The Morgan fingerprint density at radius 3 is 2.78 bits per heavy atom. The fraction of sp³-hybridized carbons (Fsp3) is 0.462. The Morgan fingerprint density at radius 2 is 2.28 bits per heavy atom. The van der Waals surface area contributed by atoms with Gasteiger partial charge in [0.25, 0.3) is 5.91 Å². The quantitative estimate of drug-likeness (QED) is 0.864. The molecule has 1 heterocycles. The SMILES string of the molecule is Cc1nc(C(=O)N(C)CCC(C)O)ccc1C#N. The van der Waals surface area contributed by atoms with E-state index < -0.39 is 6.10 Å². The van der Waals surface area contributed by atoms with Gasteiger partial charge < -0.3 is 10.0 Å². The summed E-state index contributed by atoms with van der Waals surface area (Å²) in [5.74, 6) is -0.205. The molecule has 0 aliphatic heterocycles. The molecular formula is C13H17N3O2. The standard InChI is InChI=1S/C13H17N3O2/c1-9(17)6-7-16(3)13(18)12-5-4-11(8-14)10(2)15-12/h4-5,9,17H,6-7H2,1-3H3. The van der Waals surface area contributed by atoms with Crippen LogP contribution in [-0.4, -0.2) is 40.6 Å². The molecule has 5 nitrogen and oxygen atoms in total. The lowest BCUT2D eigenvalue weighted by Gasteiger charge is -2.17. The van der Waals surface area contributed by atoms with Crippen molar-refractivity contribution in [3.8, 4) is 6.07 Å². The molecule has 1 rings (SSSR count). The van der Waals surface area contributed by atoms with E-state index in [1.54, 1.807) is 33.0 Å². The molecule has 1 N–H and O–H groups in total. The van der Waals surface area contributed by atoms with Crippen LogP contribution in [0.25, 0.3) is 0 Å². The lowest BCUT2D eigenvalue weighted by molar-refractivity contribution is 0.0763. The van der Waals surface area contributed by atoms with Crippen molar-refractivity contribution in [1.82, 2.24) is 9.88 Å². The number of rotatable bonds is 4. The normalized spacial score (nSPS) is 11.7.